The van der Waals surface area contributed by atoms with Crippen molar-refractivity contribution >= 4 is 50.2 Å². The van der Waals surface area contributed by atoms with Crippen molar-refractivity contribution in [2.75, 3.05) is 19.6 Å². The van der Waals surface area contributed by atoms with Gasteiger partial charge in [0.15, 0.2) is 0 Å². The summed E-state index contributed by atoms with van der Waals surface area (Å²) in [5.74, 6) is -2.34. The van der Waals surface area contributed by atoms with Gasteiger partial charge in [-0.15, -0.1) is 0 Å². The number of carboxylic acid groups (broad SMARTS) is 1. The molecular weight excluding hydrogens is 482 g/mol. The molecule has 4 rings (SSSR count). The summed E-state index contributed by atoms with van der Waals surface area (Å²) in [4.78, 5) is 40.1. The van der Waals surface area contributed by atoms with E-state index in [0.29, 0.717) is 29.8 Å². The first-order valence-electron chi connectivity index (χ1n) is 11.1. The van der Waals surface area contributed by atoms with Crippen molar-refractivity contribution in [1.82, 2.24) is 14.5 Å². The summed E-state index contributed by atoms with van der Waals surface area (Å²) in [5, 5.41) is 11.3. The lowest BCUT2D eigenvalue weighted by atomic mass is 9.97. The molecule has 11 heteroatoms. The van der Waals surface area contributed by atoms with Crippen molar-refractivity contribution in [2.24, 2.45) is 5.92 Å². The van der Waals surface area contributed by atoms with Crippen molar-refractivity contribution in [3.63, 3.8) is 0 Å². The quantitative estimate of drug-likeness (QED) is 0.617. The Kier molecular flexibility index (Phi) is 6.84. The number of benzene rings is 2. The van der Waals surface area contributed by atoms with Gasteiger partial charge in [0.25, 0.3) is 0 Å². The molecule has 1 unspecified atom stereocenters. The molecule has 2 aliphatic rings. The Morgan fingerprint density at radius 1 is 1.12 bits per heavy atom. The molecule has 0 aliphatic carbocycles. The SMILES string of the molecule is C[C@@H](C(=O)N1CCCC(C(=O)O)C1)N1CC[C@H](NS(=O)(=O)c2ccc3cc(Cl)ccc3c2)C1=O. The van der Waals surface area contributed by atoms with Crippen LogP contribution in [0.5, 0.6) is 0 Å². The lowest BCUT2D eigenvalue weighted by Gasteiger charge is -2.35. The standard InChI is InChI=1S/C23H26ClN3O6S/c1-14(21(28)26-9-2-3-17(13-26)23(30)31)27-10-8-20(22(27)29)25-34(32,33)19-7-5-15-11-18(24)6-4-16(15)12-19/h4-7,11-12,14,17,20,25H,2-3,8-10,13H2,1H3,(H,30,31)/t14-,17?,20-/m0/s1. The third-order valence-electron chi connectivity index (χ3n) is 6.53. The van der Waals surface area contributed by atoms with Gasteiger partial charge in [-0.2, -0.15) is 4.72 Å². The second-order valence-electron chi connectivity index (χ2n) is 8.79. The molecule has 0 bridgehead atoms. The van der Waals surface area contributed by atoms with E-state index < -0.39 is 39.9 Å². The third-order valence-corrected chi connectivity index (χ3v) is 8.23. The summed E-state index contributed by atoms with van der Waals surface area (Å²) >= 11 is 5.98. The van der Waals surface area contributed by atoms with E-state index in [1.54, 1.807) is 31.2 Å². The summed E-state index contributed by atoms with van der Waals surface area (Å²) in [6, 6.07) is 7.98. The number of nitrogens with one attached hydrogen (secondary N) is 1. The highest BCUT2D eigenvalue weighted by molar-refractivity contribution is 7.89. The van der Waals surface area contributed by atoms with Crippen molar-refractivity contribution in [2.45, 2.75) is 43.2 Å². The van der Waals surface area contributed by atoms with Gasteiger partial charge in [-0.1, -0.05) is 23.7 Å². The Bertz CT molecular complexity index is 1250. The number of hydrogen-bond donors (Lipinski definition) is 2. The molecule has 2 amide bonds. The molecular formula is C23H26ClN3O6S. The average Bonchev–Trinajstić information content (AvgIpc) is 3.16. The van der Waals surface area contributed by atoms with Gasteiger partial charge in [0.05, 0.1) is 10.8 Å². The van der Waals surface area contributed by atoms with Crippen LogP contribution < -0.4 is 4.72 Å². The van der Waals surface area contributed by atoms with Crippen molar-refractivity contribution in [3.8, 4) is 0 Å². The lowest BCUT2D eigenvalue weighted by Crippen LogP contribution is -2.52. The number of nitrogens with zero attached hydrogens (tertiary/aromatic N) is 2. The van der Waals surface area contributed by atoms with Crippen LogP contribution in [0.25, 0.3) is 10.8 Å². The molecule has 2 aromatic rings. The molecule has 2 aliphatic heterocycles. The van der Waals surface area contributed by atoms with Crippen LogP contribution in [0, 0.1) is 5.92 Å². The molecule has 0 radical (unpaired) electrons. The molecule has 182 valence electrons. The molecule has 0 saturated carbocycles. The number of likely N-dealkylation sites (tertiary alicyclic amines) is 2. The second-order valence-corrected chi connectivity index (χ2v) is 10.9. The Morgan fingerprint density at radius 2 is 1.82 bits per heavy atom. The molecule has 0 aromatic heterocycles. The Hall–Kier alpha value is -2.69. The van der Waals surface area contributed by atoms with E-state index in [-0.39, 0.29) is 30.3 Å². The van der Waals surface area contributed by atoms with Crippen LogP contribution in [-0.4, -0.2) is 72.8 Å². The fourth-order valence-corrected chi connectivity index (χ4v) is 6.03. The number of carbonyl (C=O) groups excluding carboxylic acids is 2. The van der Waals surface area contributed by atoms with E-state index in [4.69, 9.17) is 11.6 Å². The fourth-order valence-electron chi connectivity index (χ4n) is 4.59. The van der Waals surface area contributed by atoms with Gasteiger partial charge >= 0.3 is 5.97 Å². The van der Waals surface area contributed by atoms with Crippen molar-refractivity contribution in [3.05, 3.63) is 41.4 Å². The highest BCUT2D eigenvalue weighted by Gasteiger charge is 2.41. The number of aliphatic carboxylic acids is 1. The maximum absolute atomic E-state index is 13.0. The maximum Gasteiger partial charge on any atom is 0.308 e. The number of piperidine rings is 1. The molecule has 0 spiro atoms. The number of carboxylic acids is 1. The van der Waals surface area contributed by atoms with Gasteiger partial charge in [-0.25, -0.2) is 8.42 Å². The van der Waals surface area contributed by atoms with Crippen LogP contribution in [0.15, 0.2) is 41.3 Å². The Balaban J connectivity index is 1.44. The van der Waals surface area contributed by atoms with Crippen LogP contribution in [0.1, 0.15) is 26.2 Å². The smallest absolute Gasteiger partial charge is 0.308 e. The monoisotopic (exact) mass is 507 g/mol. The molecule has 3 atom stereocenters. The zero-order chi connectivity index (χ0) is 24.6. The number of hydrogen-bond acceptors (Lipinski definition) is 5. The molecule has 2 aromatic carbocycles. The number of carbonyl (C=O) groups is 3. The molecule has 2 fully saturated rings. The molecule has 9 nitrogen and oxygen atoms in total. The Labute approximate surface area is 202 Å². The zero-order valence-corrected chi connectivity index (χ0v) is 20.2. The van der Waals surface area contributed by atoms with Crippen LogP contribution in [0.2, 0.25) is 5.02 Å². The van der Waals surface area contributed by atoms with Gasteiger partial charge < -0.3 is 14.9 Å². The lowest BCUT2D eigenvalue weighted by molar-refractivity contribution is -0.149. The van der Waals surface area contributed by atoms with Gasteiger partial charge in [0.1, 0.15) is 12.1 Å². The summed E-state index contributed by atoms with van der Waals surface area (Å²) in [6.45, 7) is 2.38. The minimum absolute atomic E-state index is 0.0331. The third kappa shape index (κ3) is 4.89. The highest BCUT2D eigenvalue weighted by Crippen LogP contribution is 2.25. The minimum Gasteiger partial charge on any atom is -0.481 e. The topological polar surface area (TPSA) is 124 Å². The van der Waals surface area contributed by atoms with Gasteiger partial charge in [-0.3, -0.25) is 14.4 Å². The first-order chi connectivity index (χ1) is 16.1. The van der Waals surface area contributed by atoms with E-state index in [1.807, 2.05) is 0 Å². The van der Waals surface area contributed by atoms with Crippen LogP contribution in [0.3, 0.4) is 0 Å². The first-order valence-corrected chi connectivity index (χ1v) is 13.0. The van der Waals surface area contributed by atoms with E-state index in [1.165, 1.54) is 21.9 Å². The minimum atomic E-state index is -3.98. The number of rotatable bonds is 6. The molecule has 2 N–H and O–H groups in total. The predicted molar refractivity (Wildman–Crippen MR) is 126 cm³/mol. The van der Waals surface area contributed by atoms with Crippen molar-refractivity contribution in [1.29, 1.82) is 0 Å². The predicted octanol–water partition coefficient (Wildman–Crippen LogP) is 2.08. The molecule has 34 heavy (non-hydrogen) atoms. The largest absolute Gasteiger partial charge is 0.481 e. The van der Waals surface area contributed by atoms with E-state index in [2.05, 4.69) is 4.72 Å². The zero-order valence-electron chi connectivity index (χ0n) is 18.6. The van der Waals surface area contributed by atoms with E-state index in [9.17, 15) is 27.9 Å². The van der Waals surface area contributed by atoms with Crippen LogP contribution in [-0.2, 0) is 24.4 Å². The van der Waals surface area contributed by atoms with Crippen LogP contribution >= 0.6 is 11.6 Å². The number of sulfonamides is 1. The van der Waals surface area contributed by atoms with Gasteiger partial charge in [0.2, 0.25) is 21.8 Å². The first kappa shape index (κ1) is 24.4. The number of amides is 2. The number of fused-ring (bicyclic) bond motifs is 1. The molecule has 2 heterocycles. The summed E-state index contributed by atoms with van der Waals surface area (Å²) < 4.78 is 28.4. The molecule has 2 saturated heterocycles. The summed E-state index contributed by atoms with van der Waals surface area (Å²) in [6.07, 6.45) is 1.34. The van der Waals surface area contributed by atoms with E-state index in [0.717, 1.165) is 5.39 Å². The Morgan fingerprint density at radius 3 is 2.56 bits per heavy atom. The normalized spacial score (nSPS) is 22.2. The number of halogens is 1. The summed E-state index contributed by atoms with van der Waals surface area (Å²) in [7, 11) is -3.98. The van der Waals surface area contributed by atoms with E-state index >= 15 is 0 Å². The van der Waals surface area contributed by atoms with Crippen molar-refractivity contribution < 1.29 is 27.9 Å². The fraction of sp³-hybridized carbons (Fsp3) is 0.435. The van der Waals surface area contributed by atoms with Gasteiger partial charge in [-0.05, 0) is 61.2 Å². The summed E-state index contributed by atoms with van der Waals surface area (Å²) in [5.41, 5.74) is 0. The maximum atomic E-state index is 13.0. The highest BCUT2D eigenvalue weighted by atomic mass is 35.5. The second kappa shape index (κ2) is 9.52. The van der Waals surface area contributed by atoms with Gasteiger partial charge in [0, 0.05) is 24.7 Å². The average molecular weight is 508 g/mol. The van der Waals surface area contributed by atoms with Crippen LogP contribution in [0.4, 0.5) is 0 Å².